The van der Waals surface area contributed by atoms with Crippen LogP contribution in [0.4, 0.5) is 0 Å². The molecule has 47 heavy (non-hydrogen) atoms. The van der Waals surface area contributed by atoms with E-state index < -0.39 is 5.54 Å². The summed E-state index contributed by atoms with van der Waals surface area (Å²) < 4.78 is 21.2. The van der Waals surface area contributed by atoms with Crippen molar-refractivity contribution in [2.45, 2.75) is 57.5 Å². The zero-order chi connectivity index (χ0) is 31.8. The molecule has 2 aromatic carbocycles. The molecule has 12 heteroatoms. The van der Waals surface area contributed by atoms with Crippen molar-refractivity contribution in [3.05, 3.63) is 58.9 Å². The van der Waals surface area contributed by atoms with Gasteiger partial charge in [-0.25, -0.2) is 0 Å². The Labute approximate surface area is 304 Å². The van der Waals surface area contributed by atoms with Gasteiger partial charge in [0, 0.05) is 29.2 Å². The van der Waals surface area contributed by atoms with Crippen molar-refractivity contribution in [3.63, 3.8) is 0 Å². The molecule has 4 N–H and O–H groups in total. The average Bonchev–Trinajstić information content (AvgIpc) is 3.95. The maximum Gasteiger partial charge on any atom is 1.00 e. The quantitative estimate of drug-likeness (QED) is 0.236. The van der Waals surface area contributed by atoms with Crippen molar-refractivity contribution in [2.24, 2.45) is 11.8 Å². The predicted molar refractivity (Wildman–Crippen MR) is 169 cm³/mol. The molecular weight excluding hydrogens is 635 g/mol. The monoisotopic (exact) mass is 675 g/mol. The molecule has 2 aromatic rings. The molecule has 2 atom stereocenters. The molecule has 10 nitrogen and oxygen atoms in total. The number of nitrogens with one attached hydrogen (secondary N) is 2. The van der Waals surface area contributed by atoms with Crippen LogP contribution in [0, 0.1) is 23.7 Å². The Bertz CT molecular complexity index is 1640. The number of methoxy groups -OCH3 is 4. The van der Waals surface area contributed by atoms with Gasteiger partial charge in [-0.1, -0.05) is 5.92 Å². The second kappa shape index (κ2) is 15.7. The number of benzene rings is 2. The zero-order valence-electron chi connectivity index (χ0n) is 28.2. The maximum atomic E-state index is 12.5. The fraction of sp³-hybridized carbons (Fsp3) is 0.429. The van der Waals surface area contributed by atoms with Crippen LogP contribution in [0.25, 0.3) is 11.1 Å². The first-order valence-corrected chi connectivity index (χ1v) is 14.8. The van der Waals surface area contributed by atoms with Crippen molar-refractivity contribution in [1.29, 1.82) is 0 Å². The van der Waals surface area contributed by atoms with E-state index in [9.17, 15) is 14.7 Å². The number of halogens is 1. The minimum atomic E-state index is -0.966. The molecule has 2 unspecified atom stereocenters. The van der Waals surface area contributed by atoms with E-state index in [1.165, 1.54) is 20.0 Å². The van der Waals surface area contributed by atoms with Crippen LogP contribution in [0.2, 0.25) is 0 Å². The van der Waals surface area contributed by atoms with Gasteiger partial charge in [-0.05, 0) is 82.2 Å². The molecule has 6 rings (SSSR count). The molecule has 4 aliphatic rings. The Hall–Kier alpha value is -3.33. The smallest absolute Gasteiger partial charge is 1.00 e. The molecule has 0 spiro atoms. The number of ether oxygens (including phenoxy) is 4. The molecule has 0 radical (unpaired) electrons. The van der Waals surface area contributed by atoms with E-state index in [-0.39, 0.29) is 82.0 Å². The third kappa shape index (κ3) is 7.25. The number of carbonyl (C=O) groups is 2. The summed E-state index contributed by atoms with van der Waals surface area (Å²) in [5, 5.41) is 16.9. The molecular formula is C35H41ClN2NaO8-. The van der Waals surface area contributed by atoms with Crippen LogP contribution in [-0.4, -0.2) is 61.9 Å². The summed E-state index contributed by atoms with van der Waals surface area (Å²) in [6.07, 6.45) is 4.24. The fourth-order valence-corrected chi connectivity index (χ4v) is 6.28. The van der Waals surface area contributed by atoms with Gasteiger partial charge >= 0.3 is 29.6 Å². The number of amides is 2. The molecule has 2 aliphatic heterocycles. The van der Waals surface area contributed by atoms with E-state index in [4.69, 9.17) is 18.9 Å². The third-order valence-electron chi connectivity index (χ3n) is 9.16. The fourth-order valence-electron chi connectivity index (χ4n) is 6.28. The summed E-state index contributed by atoms with van der Waals surface area (Å²) in [5.41, 5.74) is 2.26. The van der Waals surface area contributed by atoms with Crippen molar-refractivity contribution >= 4 is 23.0 Å². The Morgan fingerprint density at radius 2 is 1.26 bits per heavy atom. The van der Waals surface area contributed by atoms with Gasteiger partial charge in [-0.2, -0.15) is 0 Å². The zero-order valence-corrected chi connectivity index (χ0v) is 30.9. The minimum absolute atomic E-state index is 0. The van der Waals surface area contributed by atoms with E-state index in [2.05, 4.69) is 36.3 Å². The first kappa shape index (κ1) is 39.8. The molecule has 0 bridgehead atoms. The van der Waals surface area contributed by atoms with Gasteiger partial charge in [0.15, 0.2) is 5.54 Å². The summed E-state index contributed by atoms with van der Waals surface area (Å²) in [6, 6.07) is 10.7. The van der Waals surface area contributed by atoms with Gasteiger partial charge < -0.3 is 52.6 Å². The Morgan fingerprint density at radius 3 is 1.68 bits per heavy atom. The van der Waals surface area contributed by atoms with Crippen molar-refractivity contribution in [3.8, 4) is 34.8 Å². The van der Waals surface area contributed by atoms with Gasteiger partial charge in [-0.3, -0.25) is 9.59 Å². The van der Waals surface area contributed by atoms with Crippen LogP contribution >= 0.6 is 0 Å². The summed E-state index contributed by atoms with van der Waals surface area (Å²) >= 11 is 0. The molecule has 2 heterocycles. The van der Waals surface area contributed by atoms with E-state index in [1.54, 1.807) is 46.5 Å². The first-order valence-electron chi connectivity index (χ1n) is 14.8. The molecule has 2 saturated carbocycles. The van der Waals surface area contributed by atoms with Gasteiger partial charge in [-0.15, -0.1) is 5.92 Å². The maximum absolute atomic E-state index is 12.5. The largest absolute Gasteiger partial charge is 1.00 e. The Morgan fingerprint density at radius 1 is 0.787 bits per heavy atom. The van der Waals surface area contributed by atoms with Crippen molar-refractivity contribution in [1.82, 2.24) is 10.6 Å². The van der Waals surface area contributed by atoms with E-state index in [1.807, 2.05) is 18.2 Å². The van der Waals surface area contributed by atoms with Crippen LogP contribution in [-0.2, 0) is 9.59 Å². The van der Waals surface area contributed by atoms with Crippen LogP contribution in [0.3, 0.4) is 0 Å². The van der Waals surface area contributed by atoms with Gasteiger partial charge in [0.25, 0.3) is 11.8 Å². The van der Waals surface area contributed by atoms with Gasteiger partial charge in [0.2, 0.25) is 0 Å². The standard InChI is InChI=1S/C18H19NO4.C17H21NO3.ClH.Na.H2O/c1-4-9-18(11-5-6-11)16(20)15(17(21)19-18)13-8-7-12(22-2)10-14(13)23-3;1-10-15(16(19)18-17(10,2)11-5-6-11)13-8-7-12(20-3)9-14(13)21-4;;;/h7-8,10-11,20H,5-6H2,1-3H3,(H,19,21);7-9,11H,5-6H2,1-4H3,(H,18,19);1H;;1H2/q;;;+1;/p-2. The number of hydrogen-bond donors (Lipinski definition) is 3. The number of rotatable bonds is 8. The molecule has 0 saturated heterocycles. The molecule has 2 aliphatic carbocycles. The molecule has 2 fully saturated rings. The number of aliphatic hydroxyl groups excluding tert-OH is 1. The number of carbonyl (C=O) groups excluding carboxylic acids is 2. The molecule has 2 amide bonds. The summed E-state index contributed by atoms with van der Waals surface area (Å²) in [6.45, 7) is 5.88. The van der Waals surface area contributed by atoms with Crippen LogP contribution in [0.5, 0.6) is 23.0 Å². The van der Waals surface area contributed by atoms with Gasteiger partial charge in [0.1, 0.15) is 28.8 Å². The van der Waals surface area contributed by atoms with E-state index in [0.29, 0.717) is 28.7 Å². The van der Waals surface area contributed by atoms with E-state index in [0.717, 1.165) is 35.3 Å². The van der Waals surface area contributed by atoms with Crippen LogP contribution < -0.4 is 71.5 Å². The normalized spacial score (nSPS) is 22.5. The topological polar surface area (TPSA) is 145 Å². The second-order valence-electron chi connectivity index (χ2n) is 11.7. The van der Waals surface area contributed by atoms with Crippen molar-refractivity contribution < 1.29 is 81.1 Å². The Balaban J connectivity index is 0.000000308. The third-order valence-corrected chi connectivity index (χ3v) is 9.16. The number of aliphatic hydroxyl groups is 1. The Kier molecular flexibility index (Phi) is 13.3. The summed E-state index contributed by atoms with van der Waals surface area (Å²) in [5.74, 6) is 8.67. The van der Waals surface area contributed by atoms with Gasteiger partial charge in [0.05, 0.1) is 45.1 Å². The SMILES string of the molecule is CC#CC1(C2CC2)NC(=O)C(c2ccc(OC)cc2OC)=C1O.COc1ccc(C2=C(C)C(C)(C3CC3)NC2=O)c(OC)c1.[Cl-].[Na+].[OH-]. The number of hydrogen-bond acceptors (Lipinski definition) is 8. The minimum Gasteiger partial charge on any atom is -1.00 e. The van der Waals surface area contributed by atoms with E-state index >= 15 is 0 Å². The van der Waals surface area contributed by atoms with Crippen LogP contribution in [0.15, 0.2) is 47.7 Å². The predicted octanol–water partition coefficient (Wildman–Crippen LogP) is -1.12. The first-order chi connectivity index (χ1) is 21.1. The average molecular weight is 676 g/mol. The second-order valence-corrected chi connectivity index (χ2v) is 11.7. The summed E-state index contributed by atoms with van der Waals surface area (Å²) in [4.78, 5) is 25.0. The molecule has 248 valence electrons. The molecule has 0 aromatic heterocycles. The van der Waals surface area contributed by atoms with Crippen LogP contribution in [0.1, 0.15) is 57.6 Å². The van der Waals surface area contributed by atoms with Crippen molar-refractivity contribution in [2.75, 3.05) is 28.4 Å². The summed E-state index contributed by atoms with van der Waals surface area (Å²) in [7, 11) is 6.30.